The van der Waals surface area contributed by atoms with Crippen LogP contribution in [0.5, 0.6) is 0 Å². The second kappa shape index (κ2) is 5.98. The fourth-order valence-electron chi connectivity index (χ4n) is 2.49. The molecule has 0 aliphatic rings. The molecule has 2 heteroatoms. The van der Waals surface area contributed by atoms with Crippen molar-refractivity contribution in [2.75, 3.05) is 0 Å². The van der Waals surface area contributed by atoms with Gasteiger partial charge >= 0.3 is 0 Å². The minimum atomic E-state index is -0.131. The average molecular weight is 277 g/mol. The van der Waals surface area contributed by atoms with Gasteiger partial charge in [-0.25, -0.2) is 0 Å². The fraction of sp³-hybridized carbons (Fsp3) is 0.158. The first kappa shape index (κ1) is 13.7. The van der Waals surface area contributed by atoms with Gasteiger partial charge in [0.05, 0.1) is 12.3 Å². The zero-order valence-electron chi connectivity index (χ0n) is 12.1. The number of rotatable bonds is 4. The molecular weight excluding hydrogens is 258 g/mol. The maximum Gasteiger partial charge on any atom is 0.101 e. The largest absolute Gasteiger partial charge is 0.469 e. The molecule has 3 rings (SSSR count). The summed E-state index contributed by atoms with van der Waals surface area (Å²) in [7, 11) is 0. The Kier molecular flexibility index (Phi) is 3.89. The van der Waals surface area contributed by atoms with Crippen molar-refractivity contribution >= 4 is 0 Å². The normalized spacial score (nSPS) is 12.3. The molecule has 21 heavy (non-hydrogen) atoms. The van der Waals surface area contributed by atoms with Gasteiger partial charge in [0.2, 0.25) is 0 Å². The molecule has 1 unspecified atom stereocenters. The number of aryl methyl sites for hydroxylation is 1. The summed E-state index contributed by atoms with van der Waals surface area (Å²) in [6.45, 7) is 1.93. The molecule has 0 amide bonds. The van der Waals surface area contributed by atoms with Gasteiger partial charge in [0.1, 0.15) is 5.76 Å². The number of hydrogen-bond acceptors (Lipinski definition) is 2. The molecule has 0 saturated heterocycles. The molecule has 0 saturated carbocycles. The molecule has 0 aliphatic heterocycles. The number of furan rings is 1. The van der Waals surface area contributed by atoms with E-state index < -0.39 is 0 Å². The van der Waals surface area contributed by atoms with Crippen LogP contribution < -0.4 is 5.73 Å². The molecule has 0 radical (unpaired) electrons. The van der Waals surface area contributed by atoms with Crippen LogP contribution in [-0.2, 0) is 6.42 Å². The van der Waals surface area contributed by atoms with Crippen LogP contribution in [0.25, 0.3) is 0 Å². The van der Waals surface area contributed by atoms with Gasteiger partial charge in [-0.3, -0.25) is 0 Å². The number of hydrogen-bond donors (Lipinski definition) is 1. The summed E-state index contributed by atoms with van der Waals surface area (Å²) in [5.41, 5.74) is 11.0. The highest BCUT2D eigenvalue weighted by molar-refractivity contribution is 5.34. The Morgan fingerprint density at radius 2 is 1.57 bits per heavy atom. The summed E-state index contributed by atoms with van der Waals surface area (Å²) in [5.74, 6) is 0.890. The number of benzene rings is 2. The topological polar surface area (TPSA) is 39.2 Å². The number of nitrogens with two attached hydrogens (primary N) is 1. The maximum atomic E-state index is 6.27. The Morgan fingerprint density at radius 1 is 0.905 bits per heavy atom. The van der Waals surface area contributed by atoms with E-state index in [9.17, 15) is 0 Å². The molecule has 2 N–H and O–H groups in total. The van der Waals surface area contributed by atoms with E-state index in [-0.39, 0.29) is 6.04 Å². The van der Waals surface area contributed by atoms with E-state index >= 15 is 0 Å². The second-order valence-electron chi connectivity index (χ2n) is 5.37. The van der Waals surface area contributed by atoms with Gasteiger partial charge < -0.3 is 10.2 Å². The van der Waals surface area contributed by atoms with E-state index in [0.29, 0.717) is 0 Å². The Labute approximate surface area is 125 Å². The minimum absolute atomic E-state index is 0.131. The first-order chi connectivity index (χ1) is 10.2. The third kappa shape index (κ3) is 3.23. The first-order valence-electron chi connectivity index (χ1n) is 7.16. The van der Waals surface area contributed by atoms with Crippen LogP contribution in [-0.4, -0.2) is 0 Å². The van der Waals surface area contributed by atoms with E-state index in [0.717, 1.165) is 23.3 Å². The van der Waals surface area contributed by atoms with Crippen molar-refractivity contribution in [1.29, 1.82) is 0 Å². The molecule has 1 heterocycles. The Hall–Kier alpha value is -2.32. The van der Waals surface area contributed by atoms with Crippen molar-refractivity contribution in [1.82, 2.24) is 0 Å². The quantitative estimate of drug-likeness (QED) is 0.775. The fourth-order valence-corrected chi connectivity index (χ4v) is 2.49. The maximum absolute atomic E-state index is 6.27. The predicted molar refractivity (Wildman–Crippen MR) is 85.2 cm³/mol. The zero-order valence-corrected chi connectivity index (χ0v) is 12.1. The van der Waals surface area contributed by atoms with Crippen molar-refractivity contribution < 1.29 is 4.42 Å². The van der Waals surface area contributed by atoms with Gasteiger partial charge in [-0.1, -0.05) is 54.6 Å². The van der Waals surface area contributed by atoms with E-state index in [1.54, 1.807) is 6.26 Å². The van der Waals surface area contributed by atoms with E-state index in [1.807, 2.05) is 19.1 Å². The third-order valence-electron chi connectivity index (χ3n) is 3.70. The van der Waals surface area contributed by atoms with Crippen LogP contribution >= 0.6 is 0 Å². The van der Waals surface area contributed by atoms with Crippen molar-refractivity contribution in [3.05, 3.63) is 94.9 Å². The molecule has 0 fully saturated rings. The van der Waals surface area contributed by atoms with Gasteiger partial charge in [-0.15, -0.1) is 0 Å². The second-order valence-corrected chi connectivity index (χ2v) is 5.37. The molecule has 0 spiro atoms. The van der Waals surface area contributed by atoms with Gasteiger partial charge in [-0.05, 0) is 36.1 Å². The lowest BCUT2D eigenvalue weighted by Crippen LogP contribution is -2.10. The lowest BCUT2D eigenvalue weighted by molar-refractivity contribution is 0.530. The standard InChI is InChI=1S/C19H19NO/c1-14-11-18(13-21-14)19(20)17-9-7-16(8-10-17)12-15-5-3-2-4-6-15/h2-11,13,19H,12,20H2,1H3. The SMILES string of the molecule is Cc1cc(C(N)c2ccc(Cc3ccccc3)cc2)co1. The highest BCUT2D eigenvalue weighted by Gasteiger charge is 2.11. The molecule has 0 aliphatic carbocycles. The Balaban J connectivity index is 1.75. The zero-order chi connectivity index (χ0) is 14.7. The van der Waals surface area contributed by atoms with Crippen molar-refractivity contribution in [3.63, 3.8) is 0 Å². The van der Waals surface area contributed by atoms with Crippen LogP contribution in [0.1, 0.15) is 34.1 Å². The van der Waals surface area contributed by atoms with Crippen LogP contribution in [0.2, 0.25) is 0 Å². The summed E-state index contributed by atoms with van der Waals surface area (Å²) in [4.78, 5) is 0. The lowest BCUT2D eigenvalue weighted by Gasteiger charge is -2.10. The Bertz CT molecular complexity index is 698. The van der Waals surface area contributed by atoms with E-state index in [4.69, 9.17) is 10.2 Å². The van der Waals surface area contributed by atoms with Crippen LogP contribution in [0, 0.1) is 6.92 Å². The molecular formula is C19H19NO. The smallest absolute Gasteiger partial charge is 0.101 e. The Morgan fingerprint density at radius 3 is 2.19 bits per heavy atom. The van der Waals surface area contributed by atoms with Crippen LogP contribution in [0.3, 0.4) is 0 Å². The summed E-state index contributed by atoms with van der Waals surface area (Å²) in [6, 6.07) is 20.8. The summed E-state index contributed by atoms with van der Waals surface area (Å²) < 4.78 is 5.33. The van der Waals surface area contributed by atoms with Crippen LogP contribution in [0.15, 0.2) is 71.3 Å². The molecule has 1 atom stereocenters. The van der Waals surface area contributed by atoms with Gasteiger partial charge in [0.25, 0.3) is 0 Å². The average Bonchev–Trinajstić information content (AvgIpc) is 2.95. The van der Waals surface area contributed by atoms with Crippen molar-refractivity contribution in [3.8, 4) is 0 Å². The summed E-state index contributed by atoms with van der Waals surface area (Å²) in [5, 5.41) is 0. The molecule has 2 aromatic carbocycles. The summed E-state index contributed by atoms with van der Waals surface area (Å²) >= 11 is 0. The summed E-state index contributed by atoms with van der Waals surface area (Å²) in [6.07, 6.45) is 2.68. The van der Waals surface area contributed by atoms with Crippen molar-refractivity contribution in [2.45, 2.75) is 19.4 Å². The highest BCUT2D eigenvalue weighted by Crippen LogP contribution is 2.22. The molecule has 1 aromatic heterocycles. The first-order valence-corrected chi connectivity index (χ1v) is 7.16. The minimum Gasteiger partial charge on any atom is -0.469 e. The lowest BCUT2D eigenvalue weighted by atomic mass is 9.98. The molecule has 106 valence electrons. The monoisotopic (exact) mass is 277 g/mol. The van der Waals surface area contributed by atoms with Crippen LogP contribution in [0.4, 0.5) is 0 Å². The van der Waals surface area contributed by atoms with Gasteiger partial charge in [0.15, 0.2) is 0 Å². The molecule has 3 aromatic rings. The highest BCUT2D eigenvalue weighted by atomic mass is 16.3. The van der Waals surface area contributed by atoms with Crippen molar-refractivity contribution in [2.24, 2.45) is 5.73 Å². The third-order valence-corrected chi connectivity index (χ3v) is 3.70. The van der Waals surface area contributed by atoms with E-state index in [2.05, 4.69) is 48.5 Å². The van der Waals surface area contributed by atoms with Gasteiger partial charge in [0, 0.05) is 5.56 Å². The predicted octanol–water partition coefficient (Wildman–Crippen LogP) is 4.23. The molecule has 0 bridgehead atoms. The van der Waals surface area contributed by atoms with Gasteiger partial charge in [-0.2, -0.15) is 0 Å². The molecule has 2 nitrogen and oxygen atoms in total. The van der Waals surface area contributed by atoms with E-state index in [1.165, 1.54) is 11.1 Å².